The molecule has 12 heteroatoms. The molecule has 142 valence electrons. The third-order valence-corrected chi connectivity index (χ3v) is 3.44. The molecule has 3 N–H and O–H groups in total. The van der Waals surface area contributed by atoms with E-state index >= 15 is 0 Å². The molecule has 0 spiro atoms. The molecule has 0 fully saturated rings. The monoisotopic (exact) mass is 402 g/mol. The number of aliphatic carboxylic acids is 1. The quantitative estimate of drug-likeness (QED) is 0.572. The van der Waals surface area contributed by atoms with E-state index < -0.39 is 41.6 Å². The molecule has 2 aromatic heterocycles. The first-order valence-electron chi connectivity index (χ1n) is 7.00. The van der Waals surface area contributed by atoms with Crippen molar-refractivity contribution in [1.29, 1.82) is 0 Å². The minimum Gasteiger partial charge on any atom is -0.507 e. The fourth-order valence-electron chi connectivity index (χ4n) is 2.34. The number of hydrogen-bond acceptors (Lipinski definition) is 5. The van der Waals surface area contributed by atoms with Gasteiger partial charge in [0.15, 0.2) is 23.1 Å². The van der Waals surface area contributed by atoms with E-state index in [2.05, 4.69) is 15.4 Å². The number of rotatable bonds is 4. The summed E-state index contributed by atoms with van der Waals surface area (Å²) in [5.41, 5.74) is -0.795. The first-order valence-corrected chi connectivity index (χ1v) is 7.00. The Kier molecular flexibility index (Phi) is 5.55. The number of amides is 1. The van der Waals surface area contributed by atoms with Crippen molar-refractivity contribution in [1.82, 2.24) is 19.9 Å². The first kappa shape index (κ1) is 20.0. The lowest BCUT2D eigenvalue weighted by Crippen LogP contribution is -2.29. The zero-order valence-electron chi connectivity index (χ0n) is 13.1. The minimum atomic E-state index is -1.66. The van der Waals surface area contributed by atoms with Crippen LogP contribution in [0.15, 0.2) is 24.5 Å². The standard InChI is InChI=1S/C15H9F3N4O4.ClH/c16-7-1-6(2-8(17)13(7)18)9-3-10(23)12(14-20-5-21-22(9)14)15(26)19-4-11(24)25;/h1-3,5,23H,4H2,(H,19,26)(H,24,25);1H. The van der Waals surface area contributed by atoms with E-state index in [-0.39, 0.29) is 34.9 Å². The van der Waals surface area contributed by atoms with Crippen molar-refractivity contribution >= 4 is 29.9 Å². The summed E-state index contributed by atoms with van der Waals surface area (Å²) in [4.78, 5) is 26.4. The van der Waals surface area contributed by atoms with Crippen LogP contribution in [0.5, 0.6) is 5.75 Å². The minimum absolute atomic E-state index is 0. The van der Waals surface area contributed by atoms with Gasteiger partial charge in [-0.15, -0.1) is 12.4 Å². The number of nitrogens with zero attached hydrogens (tertiary/aromatic N) is 3. The molecule has 27 heavy (non-hydrogen) atoms. The Hall–Kier alpha value is -3.34. The molecule has 1 aromatic carbocycles. The number of nitrogens with one attached hydrogen (secondary N) is 1. The predicted molar refractivity (Wildman–Crippen MR) is 87.2 cm³/mol. The molecule has 0 saturated heterocycles. The lowest BCUT2D eigenvalue weighted by molar-refractivity contribution is -0.135. The number of aromatic nitrogens is 3. The van der Waals surface area contributed by atoms with E-state index in [1.807, 2.05) is 0 Å². The molecule has 0 atom stereocenters. The van der Waals surface area contributed by atoms with Crippen LogP contribution in [-0.2, 0) is 4.79 Å². The lowest BCUT2D eigenvalue weighted by atomic mass is 10.1. The molecule has 1 amide bonds. The summed E-state index contributed by atoms with van der Waals surface area (Å²) >= 11 is 0. The number of pyridine rings is 1. The fraction of sp³-hybridized carbons (Fsp3) is 0.0667. The highest BCUT2D eigenvalue weighted by Crippen LogP contribution is 2.30. The molecular weight excluding hydrogens is 393 g/mol. The molecule has 0 saturated carbocycles. The van der Waals surface area contributed by atoms with Gasteiger partial charge in [-0.2, -0.15) is 5.10 Å². The summed E-state index contributed by atoms with van der Waals surface area (Å²) in [6.45, 7) is -0.700. The third kappa shape index (κ3) is 3.62. The number of fused-ring (bicyclic) bond motifs is 1. The van der Waals surface area contributed by atoms with Gasteiger partial charge in [-0.1, -0.05) is 0 Å². The average molecular weight is 403 g/mol. The topological polar surface area (TPSA) is 117 Å². The Morgan fingerprint density at radius 3 is 2.37 bits per heavy atom. The normalized spacial score (nSPS) is 10.5. The summed E-state index contributed by atoms with van der Waals surface area (Å²) in [5, 5.41) is 24.6. The number of halogens is 4. The van der Waals surface area contributed by atoms with Gasteiger partial charge in [0, 0.05) is 11.6 Å². The van der Waals surface area contributed by atoms with E-state index in [0.29, 0.717) is 12.1 Å². The molecule has 0 aliphatic heterocycles. The number of carbonyl (C=O) groups excluding carboxylic acids is 1. The van der Waals surface area contributed by atoms with Crippen molar-refractivity contribution in [2.24, 2.45) is 0 Å². The first-order chi connectivity index (χ1) is 12.3. The second kappa shape index (κ2) is 7.50. The second-order valence-corrected chi connectivity index (χ2v) is 5.12. The highest BCUT2D eigenvalue weighted by molar-refractivity contribution is 6.04. The maximum atomic E-state index is 13.5. The van der Waals surface area contributed by atoms with Gasteiger partial charge in [0.05, 0.1) is 5.69 Å². The number of aromatic hydroxyl groups is 1. The molecular formula is C15H10ClF3N4O4. The van der Waals surface area contributed by atoms with Gasteiger partial charge in [-0.25, -0.2) is 22.7 Å². The van der Waals surface area contributed by atoms with Crippen molar-refractivity contribution in [3.8, 4) is 17.0 Å². The van der Waals surface area contributed by atoms with E-state index in [4.69, 9.17) is 5.11 Å². The Labute approximate surface area is 154 Å². The van der Waals surface area contributed by atoms with Crippen molar-refractivity contribution < 1.29 is 33.0 Å². The summed E-state index contributed by atoms with van der Waals surface area (Å²) in [6, 6.07) is 2.36. The van der Waals surface area contributed by atoms with Gasteiger partial charge in [0.2, 0.25) is 0 Å². The third-order valence-electron chi connectivity index (χ3n) is 3.44. The fourth-order valence-corrected chi connectivity index (χ4v) is 2.34. The molecule has 0 aliphatic rings. The largest absolute Gasteiger partial charge is 0.507 e. The molecule has 2 heterocycles. The molecule has 0 unspecified atom stereocenters. The SMILES string of the molecule is Cl.O=C(O)CNC(=O)c1c(O)cc(-c2cc(F)c(F)c(F)c2)n2ncnc12. The van der Waals surface area contributed by atoms with Crippen LogP contribution in [0.1, 0.15) is 10.4 Å². The second-order valence-electron chi connectivity index (χ2n) is 5.12. The van der Waals surface area contributed by atoms with Crippen LogP contribution in [0.3, 0.4) is 0 Å². The molecule has 3 rings (SSSR count). The van der Waals surface area contributed by atoms with E-state index in [1.165, 1.54) is 0 Å². The van der Waals surface area contributed by atoms with Crippen molar-refractivity contribution in [3.05, 3.63) is 47.5 Å². The lowest BCUT2D eigenvalue weighted by Gasteiger charge is -2.11. The Morgan fingerprint density at radius 1 is 1.15 bits per heavy atom. The molecule has 3 aromatic rings. The van der Waals surface area contributed by atoms with E-state index in [9.17, 15) is 27.9 Å². The van der Waals surface area contributed by atoms with Crippen molar-refractivity contribution in [2.45, 2.75) is 0 Å². The average Bonchev–Trinajstić information content (AvgIpc) is 3.05. The highest BCUT2D eigenvalue weighted by atomic mass is 35.5. The number of hydrogen-bond donors (Lipinski definition) is 3. The maximum absolute atomic E-state index is 13.5. The van der Waals surface area contributed by atoms with Crippen LogP contribution in [0.25, 0.3) is 16.9 Å². The summed E-state index contributed by atoms with van der Waals surface area (Å²) in [7, 11) is 0. The number of benzene rings is 1. The Morgan fingerprint density at radius 2 is 1.78 bits per heavy atom. The summed E-state index contributed by atoms with van der Waals surface area (Å²) in [6.07, 6.45) is 1.02. The highest BCUT2D eigenvalue weighted by Gasteiger charge is 2.22. The van der Waals surface area contributed by atoms with Gasteiger partial charge in [0.25, 0.3) is 5.91 Å². The smallest absolute Gasteiger partial charge is 0.322 e. The molecule has 8 nitrogen and oxygen atoms in total. The maximum Gasteiger partial charge on any atom is 0.322 e. The van der Waals surface area contributed by atoms with Gasteiger partial charge in [-0.3, -0.25) is 9.59 Å². The van der Waals surface area contributed by atoms with Crippen molar-refractivity contribution in [3.63, 3.8) is 0 Å². The number of carboxylic acid groups (broad SMARTS) is 1. The van der Waals surface area contributed by atoms with E-state index in [0.717, 1.165) is 16.9 Å². The Bertz CT molecular complexity index is 1030. The molecule has 0 aliphatic carbocycles. The van der Waals surface area contributed by atoms with Gasteiger partial charge in [-0.05, 0) is 12.1 Å². The summed E-state index contributed by atoms with van der Waals surface area (Å²) in [5.74, 6) is -7.42. The zero-order chi connectivity index (χ0) is 19.0. The van der Waals surface area contributed by atoms with E-state index in [1.54, 1.807) is 0 Å². The van der Waals surface area contributed by atoms with Crippen LogP contribution in [0.4, 0.5) is 13.2 Å². The van der Waals surface area contributed by atoms with Gasteiger partial charge >= 0.3 is 5.97 Å². The number of carbonyl (C=O) groups is 2. The van der Waals surface area contributed by atoms with Crippen LogP contribution < -0.4 is 5.32 Å². The van der Waals surface area contributed by atoms with Crippen LogP contribution in [-0.4, -0.2) is 43.2 Å². The van der Waals surface area contributed by atoms with Crippen molar-refractivity contribution in [2.75, 3.05) is 6.54 Å². The van der Waals surface area contributed by atoms with Gasteiger partial charge in [0.1, 0.15) is 24.2 Å². The van der Waals surface area contributed by atoms with Gasteiger partial charge < -0.3 is 15.5 Å². The summed E-state index contributed by atoms with van der Waals surface area (Å²) < 4.78 is 41.1. The van der Waals surface area contributed by atoms with Crippen LogP contribution >= 0.6 is 12.4 Å². The zero-order valence-corrected chi connectivity index (χ0v) is 13.9. The Balaban J connectivity index is 0.00000261. The number of carboxylic acids is 1. The van der Waals surface area contributed by atoms with Crippen LogP contribution in [0.2, 0.25) is 0 Å². The molecule has 0 bridgehead atoms. The molecule has 0 radical (unpaired) electrons. The van der Waals surface area contributed by atoms with Crippen LogP contribution in [0, 0.1) is 17.5 Å². The predicted octanol–water partition coefficient (Wildman–Crippen LogP) is 1.76.